The van der Waals surface area contributed by atoms with Gasteiger partial charge in [-0.2, -0.15) is 0 Å². The monoisotopic (exact) mass is 225 g/mol. The van der Waals surface area contributed by atoms with Gasteiger partial charge in [-0.05, 0) is 13.8 Å². The van der Waals surface area contributed by atoms with Crippen molar-refractivity contribution in [3.63, 3.8) is 0 Å². The van der Waals surface area contributed by atoms with Gasteiger partial charge in [-0.25, -0.2) is 4.98 Å². The summed E-state index contributed by atoms with van der Waals surface area (Å²) in [5.74, 6) is 1.59. The van der Waals surface area contributed by atoms with Crippen molar-refractivity contribution in [2.24, 2.45) is 0 Å². The molecule has 15 heavy (non-hydrogen) atoms. The molecule has 1 aliphatic rings. The van der Waals surface area contributed by atoms with Crippen LogP contribution in [-0.2, 0) is 10.8 Å². The predicted octanol–water partition coefficient (Wildman–Crippen LogP) is 0.824. The van der Waals surface area contributed by atoms with E-state index in [0.29, 0.717) is 5.75 Å². The lowest BCUT2D eigenvalue weighted by Gasteiger charge is -2.37. The van der Waals surface area contributed by atoms with Crippen LogP contribution in [0.4, 0.5) is 5.82 Å². The molecule has 4 nitrogen and oxygen atoms in total. The Kier molecular flexibility index (Phi) is 2.73. The molecule has 1 saturated heterocycles. The van der Waals surface area contributed by atoms with Crippen molar-refractivity contribution in [3.8, 4) is 0 Å². The molecule has 0 aromatic carbocycles. The van der Waals surface area contributed by atoms with E-state index in [1.54, 1.807) is 18.6 Å². The van der Waals surface area contributed by atoms with E-state index in [-0.39, 0.29) is 4.75 Å². The van der Waals surface area contributed by atoms with Gasteiger partial charge in [0.05, 0.1) is 10.9 Å². The van der Waals surface area contributed by atoms with E-state index in [9.17, 15) is 4.21 Å². The van der Waals surface area contributed by atoms with Crippen molar-refractivity contribution >= 4 is 16.6 Å². The highest BCUT2D eigenvalue weighted by atomic mass is 32.2. The van der Waals surface area contributed by atoms with Crippen molar-refractivity contribution < 1.29 is 4.21 Å². The summed E-state index contributed by atoms with van der Waals surface area (Å²) in [7, 11) is -0.735. The zero-order chi connectivity index (χ0) is 10.9. The van der Waals surface area contributed by atoms with Crippen LogP contribution in [0.25, 0.3) is 0 Å². The summed E-state index contributed by atoms with van der Waals surface area (Å²) >= 11 is 0. The van der Waals surface area contributed by atoms with Crippen LogP contribution >= 0.6 is 0 Å². The average molecular weight is 225 g/mol. The van der Waals surface area contributed by atoms with E-state index < -0.39 is 10.8 Å². The molecule has 1 aliphatic heterocycles. The molecule has 0 bridgehead atoms. The normalized spacial score (nSPS) is 25.2. The molecule has 0 saturated carbocycles. The Bertz CT molecular complexity index is 366. The Balaban J connectivity index is 2.17. The smallest absolute Gasteiger partial charge is 0.147 e. The van der Waals surface area contributed by atoms with Crippen LogP contribution in [0.15, 0.2) is 18.6 Å². The van der Waals surface area contributed by atoms with Gasteiger partial charge in [-0.1, -0.05) is 0 Å². The van der Waals surface area contributed by atoms with Gasteiger partial charge in [0.1, 0.15) is 5.82 Å². The van der Waals surface area contributed by atoms with E-state index in [1.807, 2.05) is 13.8 Å². The van der Waals surface area contributed by atoms with Gasteiger partial charge in [-0.3, -0.25) is 9.19 Å². The first-order chi connectivity index (χ1) is 7.09. The highest BCUT2D eigenvalue weighted by Gasteiger charge is 2.33. The lowest BCUT2D eigenvalue weighted by atomic mass is 10.2. The summed E-state index contributed by atoms with van der Waals surface area (Å²) in [6.07, 6.45) is 5.11. The molecule has 0 spiro atoms. The molecule has 1 fully saturated rings. The summed E-state index contributed by atoms with van der Waals surface area (Å²) < 4.78 is 11.6. The van der Waals surface area contributed by atoms with Crippen LogP contribution in [-0.4, -0.2) is 37.8 Å². The maximum absolute atomic E-state index is 11.7. The minimum atomic E-state index is -0.735. The highest BCUT2D eigenvalue weighted by Crippen LogP contribution is 2.23. The van der Waals surface area contributed by atoms with E-state index in [0.717, 1.165) is 18.9 Å². The third kappa shape index (κ3) is 2.17. The summed E-state index contributed by atoms with van der Waals surface area (Å²) in [6, 6.07) is 0. The molecule has 2 rings (SSSR count). The quantitative estimate of drug-likeness (QED) is 0.710. The number of hydrogen-bond acceptors (Lipinski definition) is 4. The van der Waals surface area contributed by atoms with E-state index in [4.69, 9.17) is 0 Å². The third-order valence-corrected chi connectivity index (χ3v) is 4.52. The predicted molar refractivity (Wildman–Crippen MR) is 61.3 cm³/mol. The summed E-state index contributed by atoms with van der Waals surface area (Å²) in [5, 5.41) is 0. The Hall–Kier alpha value is -0.970. The third-order valence-electron chi connectivity index (χ3n) is 2.61. The topological polar surface area (TPSA) is 46.1 Å². The van der Waals surface area contributed by atoms with Gasteiger partial charge in [-0.15, -0.1) is 0 Å². The minimum Gasteiger partial charge on any atom is -0.353 e. The molecule has 1 unspecified atom stereocenters. The number of rotatable bonds is 1. The Morgan fingerprint density at radius 1 is 1.47 bits per heavy atom. The van der Waals surface area contributed by atoms with Crippen molar-refractivity contribution in [1.82, 2.24) is 9.97 Å². The zero-order valence-electron chi connectivity index (χ0n) is 9.01. The molecule has 82 valence electrons. The van der Waals surface area contributed by atoms with E-state index in [2.05, 4.69) is 14.9 Å². The van der Waals surface area contributed by atoms with Crippen LogP contribution in [0.3, 0.4) is 0 Å². The van der Waals surface area contributed by atoms with Crippen LogP contribution in [0, 0.1) is 0 Å². The van der Waals surface area contributed by atoms with Gasteiger partial charge in [0, 0.05) is 42.0 Å². The molecular weight excluding hydrogens is 210 g/mol. The minimum absolute atomic E-state index is 0.157. The Labute approximate surface area is 92.2 Å². The standard InChI is InChI=1S/C10H15N3OS/c1-10(2)8-13(5-6-15(10)14)9-7-11-3-4-12-9/h3-4,7H,5-6,8H2,1-2H3. The van der Waals surface area contributed by atoms with Crippen molar-refractivity contribution in [1.29, 1.82) is 0 Å². The molecule has 1 aromatic heterocycles. The molecule has 0 N–H and O–H groups in total. The van der Waals surface area contributed by atoms with Gasteiger partial charge in [0.25, 0.3) is 0 Å². The molecule has 2 heterocycles. The lowest BCUT2D eigenvalue weighted by Crippen LogP contribution is -2.50. The second-order valence-corrected chi connectivity index (χ2v) is 6.50. The number of anilines is 1. The fourth-order valence-electron chi connectivity index (χ4n) is 1.73. The lowest BCUT2D eigenvalue weighted by molar-refractivity contribution is 0.586. The van der Waals surface area contributed by atoms with Crippen molar-refractivity contribution in [3.05, 3.63) is 18.6 Å². The SMILES string of the molecule is CC1(C)CN(c2cnccn2)CCS1=O. The molecular formula is C10H15N3OS. The van der Waals surface area contributed by atoms with Gasteiger partial charge < -0.3 is 4.90 Å². The number of nitrogens with zero attached hydrogens (tertiary/aromatic N) is 3. The summed E-state index contributed by atoms with van der Waals surface area (Å²) in [6.45, 7) is 5.64. The van der Waals surface area contributed by atoms with Crippen LogP contribution in [0.5, 0.6) is 0 Å². The summed E-state index contributed by atoms with van der Waals surface area (Å²) in [5.41, 5.74) is 0. The van der Waals surface area contributed by atoms with Crippen molar-refractivity contribution in [2.75, 3.05) is 23.7 Å². The number of aromatic nitrogens is 2. The average Bonchev–Trinajstić information content (AvgIpc) is 2.23. The van der Waals surface area contributed by atoms with E-state index in [1.165, 1.54) is 0 Å². The highest BCUT2D eigenvalue weighted by molar-refractivity contribution is 7.86. The molecule has 0 radical (unpaired) electrons. The molecule has 0 aliphatic carbocycles. The fraction of sp³-hybridized carbons (Fsp3) is 0.600. The summed E-state index contributed by atoms with van der Waals surface area (Å²) in [4.78, 5) is 10.5. The largest absolute Gasteiger partial charge is 0.353 e. The van der Waals surface area contributed by atoms with Gasteiger partial charge >= 0.3 is 0 Å². The van der Waals surface area contributed by atoms with Crippen molar-refractivity contribution in [2.45, 2.75) is 18.6 Å². The second kappa shape index (κ2) is 3.89. The molecule has 1 aromatic rings. The second-order valence-electron chi connectivity index (χ2n) is 4.29. The first kappa shape index (κ1) is 10.5. The molecule has 0 amide bonds. The first-order valence-electron chi connectivity index (χ1n) is 4.99. The maximum atomic E-state index is 11.7. The fourth-order valence-corrected chi connectivity index (χ4v) is 2.97. The molecule has 5 heteroatoms. The van der Waals surface area contributed by atoms with Crippen LogP contribution in [0.2, 0.25) is 0 Å². The number of hydrogen-bond donors (Lipinski definition) is 0. The van der Waals surface area contributed by atoms with Crippen LogP contribution < -0.4 is 4.90 Å². The molecule has 1 atom stereocenters. The Morgan fingerprint density at radius 2 is 2.27 bits per heavy atom. The van der Waals surface area contributed by atoms with Gasteiger partial charge in [0.15, 0.2) is 0 Å². The van der Waals surface area contributed by atoms with Crippen LogP contribution in [0.1, 0.15) is 13.8 Å². The van der Waals surface area contributed by atoms with E-state index >= 15 is 0 Å². The van der Waals surface area contributed by atoms with Gasteiger partial charge in [0.2, 0.25) is 0 Å². The first-order valence-corrected chi connectivity index (χ1v) is 6.31. The maximum Gasteiger partial charge on any atom is 0.147 e. The zero-order valence-corrected chi connectivity index (χ0v) is 9.83. The Morgan fingerprint density at radius 3 is 2.87 bits per heavy atom.